The molecule has 0 aliphatic rings. The Bertz CT molecular complexity index is 361. The van der Waals surface area contributed by atoms with Gasteiger partial charge in [-0.25, -0.2) is 0 Å². The van der Waals surface area contributed by atoms with Gasteiger partial charge in [0.2, 0.25) is 0 Å². The molecule has 0 fully saturated rings. The van der Waals surface area contributed by atoms with Crippen LogP contribution in [0.15, 0.2) is 18.2 Å². The maximum Gasteiger partial charge on any atom is 0.707 e. The van der Waals surface area contributed by atoms with Crippen LogP contribution >= 0.6 is 0 Å². The van der Waals surface area contributed by atoms with Crippen molar-refractivity contribution < 1.29 is 19.4 Å². The van der Waals surface area contributed by atoms with Crippen LogP contribution in [0.4, 0.5) is 0 Å². The van der Waals surface area contributed by atoms with Crippen LogP contribution in [0, 0.1) is 11.3 Å². The Morgan fingerprint density at radius 2 is 2.14 bits per heavy atom. The predicted molar refractivity (Wildman–Crippen MR) is 48.5 cm³/mol. The van der Waals surface area contributed by atoms with E-state index in [-0.39, 0.29) is 5.75 Å². The first kappa shape index (κ1) is 10.4. The summed E-state index contributed by atoms with van der Waals surface area (Å²) in [6.45, 7) is 0. The van der Waals surface area contributed by atoms with Crippen LogP contribution < -0.4 is 9.39 Å². The Morgan fingerprint density at radius 3 is 2.64 bits per heavy atom. The lowest BCUT2D eigenvalue weighted by molar-refractivity contribution is 0.287. The van der Waals surface area contributed by atoms with E-state index in [9.17, 15) is 0 Å². The summed E-state index contributed by atoms with van der Waals surface area (Å²) in [6, 6.07) is 6.24. The Hall–Kier alpha value is -1.71. The van der Waals surface area contributed by atoms with Gasteiger partial charge in [-0.2, -0.15) is 5.26 Å². The third-order valence-electron chi connectivity index (χ3n) is 1.53. The Labute approximate surface area is 81.3 Å². The fourth-order valence-corrected chi connectivity index (χ4v) is 0.959. The number of hydrogen-bond donors (Lipinski definition) is 2. The van der Waals surface area contributed by atoms with Crippen LogP contribution in [0.5, 0.6) is 11.5 Å². The molecule has 0 saturated carbocycles. The minimum atomic E-state index is -1.88. The van der Waals surface area contributed by atoms with E-state index in [2.05, 4.69) is 4.65 Å². The molecule has 0 unspecified atom stereocenters. The molecule has 5 nitrogen and oxygen atoms in total. The van der Waals surface area contributed by atoms with E-state index in [0.717, 1.165) is 0 Å². The number of methoxy groups -OCH3 is 1. The topological polar surface area (TPSA) is 82.7 Å². The molecular formula is C8H8BNO4. The molecule has 1 aromatic rings. The molecule has 0 bridgehead atoms. The molecule has 6 heteroatoms. The van der Waals surface area contributed by atoms with Gasteiger partial charge < -0.3 is 19.4 Å². The first-order valence-corrected chi connectivity index (χ1v) is 3.78. The molecule has 0 aromatic heterocycles. The standard InChI is InChI=1S/C8H8BNO4/c1-13-8-4-7(14-9(11)12)3-2-6(8)5-10/h2-4,11-12H,1H3. The molecule has 0 saturated heterocycles. The predicted octanol–water partition coefficient (Wildman–Crippen LogP) is -0.0848. The van der Waals surface area contributed by atoms with Crippen LogP contribution in [0.25, 0.3) is 0 Å². The number of nitriles is 1. The zero-order valence-electron chi connectivity index (χ0n) is 7.47. The van der Waals surface area contributed by atoms with Crippen LogP contribution in [-0.4, -0.2) is 24.5 Å². The molecule has 0 amide bonds. The molecule has 0 radical (unpaired) electrons. The number of nitrogens with zero attached hydrogens (tertiary/aromatic N) is 1. The minimum absolute atomic E-state index is 0.218. The van der Waals surface area contributed by atoms with Gasteiger partial charge in [0.15, 0.2) is 0 Å². The van der Waals surface area contributed by atoms with Crippen LogP contribution in [0.3, 0.4) is 0 Å². The van der Waals surface area contributed by atoms with Gasteiger partial charge in [-0.05, 0) is 12.1 Å². The van der Waals surface area contributed by atoms with E-state index in [0.29, 0.717) is 11.3 Å². The number of hydrogen-bond acceptors (Lipinski definition) is 5. The average molecular weight is 193 g/mol. The highest BCUT2D eigenvalue weighted by molar-refractivity contribution is 6.33. The van der Waals surface area contributed by atoms with E-state index in [1.807, 2.05) is 6.07 Å². The number of ether oxygens (including phenoxy) is 1. The Balaban J connectivity index is 2.97. The summed E-state index contributed by atoms with van der Waals surface area (Å²) in [4.78, 5) is 0. The second-order valence-corrected chi connectivity index (χ2v) is 2.42. The van der Waals surface area contributed by atoms with Crippen LogP contribution in [0.1, 0.15) is 5.56 Å². The molecule has 1 aromatic carbocycles. The first-order valence-electron chi connectivity index (χ1n) is 3.78. The van der Waals surface area contributed by atoms with E-state index in [4.69, 9.17) is 20.0 Å². The average Bonchev–Trinajstić information content (AvgIpc) is 2.16. The third kappa shape index (κ3) is 2.39. The second-order valence-electron chi connectivity index (χ2n) is 2.42. The van der Waals surface area contributed by atoms with Crippen molar-refractivity contribution in [2.45, 2.75) is 0 Å². The van der Waals surface area contributed by atoms with Gasteiger partial charge in [0.25, 0.3) is 0 Å². The molecule has 72 valence electrons. The van der Waals surface area contributed by atoms with Crippen molar-refractivity contribution in [3.8, 4) is 17.6 Å². The molecule has 0 aliphatic carbocycles. The van der Waals surface area contributed by atoms with Gasteiger partial charge >= 0.3 is 7.32 Å². The van der Waals surface area contributed by atoms with Crippen LogP contribution in [0.2, 0.25) is 0 Å². The highest BCUT2D eigenvalue weighted by atomic mass is 16.6. The second kappa shape index (κ2) is 4.51. The summed E-state index contributed by atoms with van der Waals surface area (Å²) in [5.41, 5.74) is 0.354. The summed E-state index contributed by atoms with van der Waals surface area (Å²) in [6.07, 6.45) is 0. The smallest absolute Gasteiger partial charge is 0.512 e. The Kier molecular flexibility index (Phi) is 3.34. The SMILES string of the molecule is COc1cc(OB(O)O)ccc1C#N. The van der Waals surface area contributed by atoms with E-state index in [1.165, 1.54) is 25.3 Å². The summed E-state index contributed by atoms with van der Waals surface area (Å²) in [7, 11) is -0.470. The van der Waals surface area contributed by atoms with Crippen molar-refractivity contribution >= 4 is 7.32 Å². The van der Waals surface area contributed by atoms with Crippen molar-refractivity contribution in [3.05, 3.63) is 23.8 Å². The summed E-state index contributed by atoms with van der Waals surface area (Å²) >= 11 is 0. The summed E-state index contributed by atoms with van der Waals surface area (Å²) in [5, 5.41) is 25.7. The van der Waals surface area contributed by atoms with E-state index >= 15 is 0 Å². The van der Waals surface area contributed by atoms with Gasteiger partial charge in [0.05, 0.1) is 12.7 Å². The van der Waals surface area contributed by atoms with Crippen molar-refractivity contribution in [1.82, 2.24) is 0 Å². The van der Waals surface area contributed by atoms with Crippen molar-refractivity contribution in [2.75, 3.05) is 7.11 Å². The zero-order chi connectivity index (χ0) is 10.6. The lowest BCUT2D eigenvalue weighted by atomic mass is 10.2. The van der Waals surface area contributed by atoms with E-state index < -0.39 is 7.32 Å². The maximum absolute atomic E-state index is 8.65. The first-order chi connectivity index (χ1) is 6.67. The fraction of sp³-hybridized carbons (Fsp3) is 0.125. The highest BCUT2D eigenvalue weighted by Crippen LogP contribution is 2.23. The monoisotopic (exact) mass is 193 g/mol. The maximum atomic E-state index is 8.65. The number of benzene rings is 1. The van der Waals surface area contributed by atoms with Crippen LogP contribution in [-0.2, 0) is 0 Å². The normalized spacial score (nSPS) is 9.00. The van der Waals surface area contributed by atoms with Gasteiger partial charge in [0.1, 0.15) is 17.6 Å². The van der Waals surface area contributed by atoms with Gasteiger partial charge in [-0.3, -0.25) is 0 Å². The fourth-order valence-electron chi connectivity index (χ4n) is 0.959. The molecule has 0 heterocycles. The molecule has 2 N–H and O–H groups in total. The quantitative estimate of drug-likeness (QED) is 0.655. The molecular weight excluding hydrogens is 185 g/mol. The minimum Gasteiger partial charge on any atom is -0.512 e. The molecule has 1 rings (SSSR count). The summed E-state index contributed by atoms with van der Waals surface area (Å²) in [5.74, 6) is 0.543. The summed E-state index contributed by atoms with van der Waals surface area (Å²) < 4.78 is 9.47. The number of rotatable bonds is 3. The molecule has 0 aliphatic heterocycles. The van der Waals surface area contributed by atoms with Crippen molar-refractivity contribution in [3.63, 3.8) is 0 Å². The largest absolute Gasteiger partial charge is 0.707 e. The molecule has 0 spiro atoms. The lowest BCUT2D eigenvalue weighted by Crippen LogP contribution is -2.20. The highest BCUT2D eigenvalue weighted by Gasteiger charge is 2.12. The van der Waals surface area contributed by atoms with Gasteiger partial charge in [0, 0.05) is 6.07 Å². The molecule has 0 atom stereocenters. The van der Waals surface area contributed by atoms with Crippen molar-refractivity contribution in [1.29, 1.82) is 5.26 Å². The van der Waals surface area contributed by atoms with Gasteiger partial charge in [-0.1, -0.05) is 0 Å². The Morgan fingerprint density at radius 1 is 1.43 bits per heavy atom. The third-order valence-corrected chi connectivity index (χ3v) is 1.53. The van der Waals surface area contributed by atoms with E-state index in [1.54, 1.807) is 0 Å². The lowest BCUT2D eigenvalue weighted by Gasteiger charge is -2.07. The zero-order valence-corrected chi connectivity index (χ0v) is 7.47. The molecule has 14 heavy (non-hydrogen) atoms. The van der Waals surface area contributed by atoms with Gasteiger partial charge in [-0.15, -0.1) is 0 Å². The van der Waals surface area contributed by atoms with Crippen molar-refractivity contribution in [2.24, 2.45) is 0 Å².